The average Bonchev–Trinajstić information content (AvgIpc) is 3.05. The van der Waals surface area contributed by atoms with Crippen LogP contribution in [0.15, 0.2) is 30.6 Å². The zero-order valence-corrected chi connectivity index (χ0v) is 12.7. The highest BCUT2D eigenvalue weighted by molar-refractivity contribution is 5.32. The van der Waals surface area contributed by atoms with Crippen LogP contribution in [-0.2, 0) is 25.8 Å². The Morgan fingerprint density at radius 2 is 1.90 bits per heavy atom. The largest absolute Gasteiger partial charge is 0.392 e. The summed E-state index contributed by atoms with van der Waals surface area (Å²) in [5.41, 5.74) is 2.76. The van der Waals surface area contributed by atoms with Crippen molar-refractivity contribution in [1.29, 1.82) is 0 Å². The van der Waals surface area contributed by atoms with Crippen molar-refractivity contribution in [3.63, 3.8) is 0 Å². The molecule has 2 aromatic rings. The molecule has 0 bridgehead atoms. The third-order valence-electron chi connectivity index (χ3n) is 4.25. The maximum Gasteiger partial charge on any atom is 0.138 e. The van der Waals surface area contributed by atoms with Gasteiger partial charge < -0.3 is 5.11 Å². The van der Waals surface area contributed by atoms with Crippen molar-refractivity contribution in [2.75, 3.05) is 0 Å². The lowest BCUT2D eigenvalue weighted by Gasteiger charge is -2.18. The van der Waals surface area contributed by atoms with E-state index in [4.69, 9.17) is 0 Å². The first-order valence-electron chi connectivity index (χ1n) is 7.75. The Labute approximate surface area is 125 Å². The Morgan fingerprint density at radius 3 is 2.52 bits per heavy atom. The number of fused-ring (bicyclic) bond motifs is 1. The quantitative estimate of drug-likeness (QED) is 0.916. The van der Waals surface area contributed by atoms with Crippen LogP contribution in [0.2, 0.25) is 0 Å². The van der Waals surface area contributed by atoms with Crippen molar-refractivity contribution in [3.05, 3.63) is 47.5 Å². The van der Waals surface area contributed by atoms with Crippen LogP contribution in [0, 0.1) is 11.8 Å². The number of nitrogens with zero attached hydrogens (tertiary/aromatic N) is 3. The second-order valence-electron chi connectivity index (χ2n) is 6.46. The molecule has 112 valence electrons. The summed E-state index contributed by atoms with van der Waals surface area (Å²) in [6.07, 6.45) is 3.76. The van der Waals surface area contributed by atoms with Crippen LogP contribution in [-0.4, -0.2) is 26.0 Å². The lowest BCUT2D eigenvalue weighted by atomic mass is 9.96. The zero-order chi connectivity index (χ0) is 14.8. The lowest BCUT2D eigenvalue weighted by Crippen LogP contribution is -2.25. The molecule has 1 aliphatic carbocycles. The van der Waals surface area contributed by atoms with Gasteiger partial charge in [-0.2, -0.15) is 5.10 Å². The molecule has 1 aromatic heterocycles. The molecular weight excluding hydrogens is 262 g/mol. The van der Waals surface area contributed by atoms with Crippen LogP contribution in [0.3, 0.4) is 0 Å². The molecule has 0 aliphatic heterocycles. The highest BCUT2D eigenvalue weighted by Gasteiger charge is 2.28. The first-order valence-corrected chi connectivity index (χ1v) is 7.75. The van der Waals surface area contributed by atoms with Gasteiger partial charge in [-0.05, 0) is 35.8 Å². The van der Waals surface area contributed by atoms with Gasteiger partial charge in [0.15, 0.2) is 0 Å². The molecule has 1 N–H and O–H groups in total. The Kier molecular flexibility index (Phi) is 4.06. The van der Waals surface area contributed by atoms with Crippen molar-refractivity contribution < 1.29 is 5.11 Å². The van der Waals surface area contributed by atoms with E-state index in [1.165, 1.54) is 11.1 Å². The molecule has 21 heavy (non-hydrogen) atoms. The van der Waals surface area contributed by atoms with E-state index >= 15 is 0 Å². The smallest absolute Gasteiger partial charge is 0.138 e. The minimum absolute atomic E-state index is 0.298. The third-order valence-corrected chi connectivity index (χ3v) is 4.25. The fourth-order valence-corrected chi connectivity index (χ4v) is 3.16. The molecule has 4 nitrogen and oxygen atoms in total. The number of aliphatic hydroxyl groups excluding tert-OH is 1. The summed E-state index contributed by atoms with van der Waals surface area (Å²) in [7, 11) is 0. The summed E-state index contributed by atoms with van der Waals surface area (Å²) in [6, 6.07) is 8.49. The Bertz CT molecular complexity index is 581. The van der Waals surface area contributed by atoms with Gasteiger partial charge in [0.05, 0.1) is 6.10 Å². The fraction of sp³-hybridized carbons (Fsp3) is 0.529. The van der Waals surface area contributed by atoms with Crippen molar-refractivity contribution in [2.45, 2.75) is 45.8 Å². The van der Waals surface area contributed by atoms with E-state index in [1.54, 1.807) is 6.33 Å². The molecule has 4 heteroatoms. The van der Waals surface area contributed by atoms with Crippen molar-refractivity contribution in [3.8, 4) is 0 Å². The van der Waals surface area contributed by atoms with Crippen LogP contribution in [0.5, 0.6) is 0 Å². The van der Waals surface area contributed by atoms with Crippen LogP contribution >= 0.6 is 0 Å². The van der Waals surface area contributed by atoms with E-state index in [-0.39, 0.29) is 6.10 Å². The molecule has 0 fully saturated rings. The van der Waals surface area contributed by atoms with Crippen molar-refractivity contribution in [2.24, 2.45) is 11.8 Å². The highest BCUT2D eigenvalue weighted by Crippen LogP contribution is 2.29. The van der Waals surface area contributed by atoms with Gasteiger partial charge in [0.1, 0.15) is 12.2 Å². The summed E-state index contributed by atoms with van der Waals surface area (Å²) < 4.78 is 1.93. The third kappa shape index (κ3) is 3.16. The van der Waals surface area contributed by atoms with E-state index in [9.17, 15) is 5.11 Å². The first kappa shape index (κ1) is 14.3. The molecule has 1 unspecified atom stereocenters. The van der Waals surface area contributed by atoms with Crippen LogP contribution in [0.4, 0.5) is 0 Å². The zero-order valence-electron chi connectivity index (χ0n) is 12.7. The number of hydrogen-bond donors (Lipinski definition) is 1. The van der Waals surface area contributed by atoms with E-state index in [2.05, 4.69) is 48.2 Å². The molecule has 0 spiro atoms. The standard InChI is InChI=1S/C17H23N3O/c1-12(2)10-20-17(18-11-19-20)9-16(21)15-7-13-5-3-4-6-14(13)8-15/h3-6,11-12,15-16,21H,7-10H2,1-2H3. The number of rotatable bonds is 5. The van der Waals surface area contributed by atoms with Gasteiger partial charge >= 0.3 is 0 Å². The minimum atomic E-state index is -0.354. The van der Waals surface area contributed by atoms with Crippen LogP contribution < -0.4 is 0 Å². The fourth-order valence-electron chi connectivity index (χ4n) is 3.16. The predicted molar refractivity (Wildman–Crippen MR) is 81.9 cm³/mol. The number of aliphatic hydroxyl groups is 1. The minimum Gasteiger partial charge on any atom is -0.392 e. The number of aromatic nitrogens is 3. The van der Waals surface area contributed by atoms with Gasteiger partial charge in [0.2, 0.25) is 0 Å². The summed E-state index contributed by atoms with van der Waals surface area (Å²) in [6.45, 7) is 5.18. The molecular formula is C17H23N3O. The Morgan fingerprint density at radius 1 is 1.24 bits per heavy atom. The summed E-state index contributed by atoms with van der Waals surface area (Å²) >= 11 is 0. The number of benzene rings is 1. The van der Waals surface area contributed by atoms with Crippen molar-refractivity contribution in [1.82, 2.24) is 14.8 Å². The predicted octanol–water partition coefficient (Wildman–Crippen LogP) is 2.25. The average molecular weight is 285 g/mol. The van der Waals surface area contributed by atoms with Crippen LogP contribution in [0.1, 0.15) is 30.8 Å². The van der Waals surface area contributed by atoms with E-state index in [1.807, 2.05) is 4.68 Å². The van der Waals surface area contributed by atoms with Gasteiger partial charge in [-0.3, -0.25) is 0 Å². The lowest BCUT2D eigenvalue weighted by molar-refractivity contribution is 0.109. The highest BCUT2D eigenvalue weighted by atomic mass is 16.3. The maximum atomic E-state index is 10.6. The van der Waals surface area contributed by atoms with Gasteiger partial charge in [-0.15, -0.1) is 0 Å². The molecule has 1 heterocycles. The summed E-state index contributed by atoms with van der Waals surface area (Å²) in [4.78, 5) is 4.32. The second kappa shape index (κ2) is 5.98. The molecule has 1 atom stereocenters. The summed E-state index contributed by atoms with van der Waals surface area (Å²) in [5.74, 6) is 1.72. The summed E-state index contributed by atoms with van der Waals surface area (Å²) in [5, 5.41) is 14.8. The monoisotopic (exact) mass is 285 g/mol. The van der Waals surface area contributed by atoms with E-state index < -0.39 is 0 Å². The Balaban J connectivity index is 1.65. The van der Waals surface area contributed by atoms with Crippen molar-refractivity contribution >= 4 is 0 Å². The molecule has 1 aromatic carbocycles. The molecule has 3 rings (SSSR count). The first-order chi connectivity index (χ1) is 10.1. The van der Waals surface area contributed by atoms with Gasteiger partial charge in [-0.1, -0.05) is 38.1 Å². The van der Waals surface area contributed by atoms with Crippen LogP contribution in [0.25, 0.3) is 0 Å². The molecule has 0 saturated carbocycles. The van der Waals surface area contributed by atoms with Gasteiger partial charge in [0.25, 0.3) is 0 Å². The van der Waals surface area contributed by atoms with Gasteiger partial charge in [0, 0.05) is 13.0 Å². The topological polar surface area (TPSA) is 50.9 Å². The SMILES string of the molecule is CC(C)Cn1ncnc1CC(O)C1Cc2ccccc2C1. The molecule has 1 aliphatic rings. The van der Waals surface area contributed by atoms with E-state index in [0.717, 1.165) is 25.2 Å². The molecule has 0 saturated heterocycles. The van der Waals surface area contributed by atoms with E-state index in [0.29, 0.717) is 18.3 Å². The second-order valence-corrected chi connectivity index (χ2v) is 6.46. The normalized spacial score (nSPS) is 16.4. The maximum absolute atomic E-state index is 10.6. The Hall–Kier alpha value is -1.68. The number of hydrogen-bond acceptors (Lipinski definition) is 3. The van der Waals surface area contributed by atoms with Gasteiger partial charge in [-0.25, -0.2) is 9.67 Å². The molecule has 0 radical (unpaired) electrons. The molecule has 0 amide bonds.